The Morgan fingerprint density at radius 3 is 2.86 bits per heavy atom. The van der Waals surface area contributed by atoms with Gasteiger partial charge in [0.2, 0.25) is 0 Å². The second-order valence-corrected chi connectivity index (χ2v) is 3.96. The van der Waals surface area contributed by atoms with Crippen LogP contribution in [-0.2, 0) is 4.79 Å². The van der Waals surface area contributed by atoms with Crippen molar-refractivity contribution in [2.24, 2.45) is 0 Å². The van der Waals surface area contributed by atoms with Crippen molar-refractivity contribution in [1.29, 1.82) is 0 Å². The third kappa shape index (κ3) is 1.37. The third-order valence-corrected chi connectivity index (χ3v) is 3.03. The first kappa shape index (κ1) is 9.45. The average molecular weight is 197 g/mol. The monoisotopic (exact) mass is 197 g/mol. The number of nitrogens with one attached hydrogen (secondary N) is 2. The van der Waals surface area contributed by atoms with Gasteiger partial charge in [0.25, 0.3) is 5.91 Å². The molecule has 0 aliphatic carbocycles. The fraction of sp³-hybridized carbons (Fsp3) is 0.778. The first-order valence-electron chi connectivity index (χ1n) is 5.02. The Balaban J connectivity index is 2.15. The van der Waals surface area contributed by atoms with E-state index in [0.29, 0.717) is 6.54 Å². The molecule has 2 aliphatic heterocycles. The lowest BCUT2D eigenvalue weighted by atomic mass is 9.89. The van der Waals surface area contributed by atoms with Crippen molar-refractivity contribution >= 4 is 11.9 Å². The van der Waals surface area contributed by atoms with E-state index in [1.807, 2.05) is 0 Å². The van der Waals surface area contributed by atoms with E-state index in [4.69, 9.17) is 0 Å². The lowest BCUT2D eigenvalue weighted by Gasteiger charge is -2.37. The van der Waals surface area contributed by atoms with Crippen LogP contribution in [0.2, 0.25) is 0 Å². The summed E-state index contributed by atoms with van der Waals surface area (Å²) in [6.45, 7) is 4.64. The Hall–Kier alpha value is -1.10. The molecular formula is C9H15N3O2. The quantitative estimate of drug-likeness (QED) is 0.566. The normalized spacial score (nSPS) is 33.2. The maximum absolute atomic E-state index is 11.6. The smallest absolute Gasteiger partial charge is 0.322 e. The van der Waals surface area contributed by atoms with Crippen LogP contribution >= 0.6 is 0 Å². The topological polar surface area (TPSA) is 61.4 Å². The van der Waals surface area contributed by atoms with Crippen LogP contribution < -0.4 is 10.6 Å². The molecule has 0 aromatic rings. The summed E-state index contributed by atoms with van der Waals surface area (Å²) in [5.74, 6) is -0.166. The van der Waals surface area contributed by atoms with Crippen LogP contribution in [0.4, 0.5) is 4.79 Å². The number of likely N-dealkylation sites (tertiary alicyclic amines) is 1. The number of hydrogen-bond acceptors (Lipinski definition) is 3. The molecule has 1 atom stereocenters. The summed E-state index contributed by atoms with van der Waals surface area (Å²) in [7, 11) is 0. The highest BCUT2D eigenvalue weighted by molar-refractivity contribution is 6.07. The fourth-order valence-corrected chi connectivity index (χ4v) is 2.23. The van der Waals surface area contributed by atoms with Gasteiger partial charge < -0.3 is 10.2 Å². The Bertz CT molecular complexity index is 279. The molecule has 0 radical (unpaired) electrons. The number of likely N-dealkylation sites (N-methyl/N-ethyl adjacent to an activating group) is 1. The number of imide groups is 1. The molecule has 5 heteroatoms. The van der Waals surface area contributed by atoms with Gasteiger partial charge in [0.05, 0.1) is 0 Å². The molecular weight excluding hydrogens is 182 g/mol. The highest BCUT2D eigenvalue weighted by atomic mass is 16.2. The fourth-order valence-electron chi connectivity index (χ4n) is 2.23. The second-order valence-electron chi connectivity index (χ2n) is 3.96. The van der Waals surface area contributed by atoms with Crippen LogP contribution in [-0.4, -0.2) is 42.0 Å². The molecule has 0 bridgehead atoms. The average Bonchev–Trinajstić information content (AvgIpc) is 2.42. The van der Waals surface area contributed by atoms with Gasteiger partial charge in [-0.15, -0.1) is 0 Å². The maximum Gasteiger partial charge on any atom is 0.322 e. The van der Waals surface area contributed by atoms with Gasteiger partial charge in [-0.25, -0.2) is 4.79 Å². The summed E-state index contributed by atoms with van der Waals surface area (Å²) in [6.07, 6.45) is 1.71. The molecule has 2 saturated heterocycles. The largest absolute Gasteiger partial charge is 0.322 e. The van der Waals surface area contributed by atoms with Gasteiger partial charge in [0.15, 0.2) is 0 Å². The van der Waals surface area contributed by atoms with Crippen molar-refractivity contribution in [1.82, 2.24) is 15.5 Å². The second kappa shape index (κ2) is 3.24. The zero-order chi connectivity index (χ0) is 10.2. The summed E-state index contributed by atoms with van der Waals surface area (Å²) in [5.41, 5.74) is -0.647. The van der Waals surface area contributed by atoms with E-state index in [1.165, 1.54) is 0 Å². The van der Waals surface area contributed by atoms with E-state index in [0.717, 1.165) is 25.9 Å². The van der Waals surface area contributed by atoms with Gasteiger partial charge in [-0.2, -0.15) is 0 Å². The highest BCUT2D eigenvalue weighted by Gasteiger charge is 2.48. The van der Waals surface area contributed by atoms with Gasteiger partial charge in [0.1, 0.15) is 5.54 Å². The summed E-state index contributed by atoms with van der Waals surface area (Å²) in [4.78, 5) is 24.9. The van der Waals surface area contributed by atoms with Gasteiger partial charge in [0, 0.05) is 6.54 Å². The Morgan fingerprint density at radius 2 is 2.29 bits per heavy atom. The predicted molar refractivity (Wildman–Crippen MR) is 50.8 cm³/mol. The Kier molecular flexibility index (Phi) is 2.19. The summed E-state index contributed by atoms with van der Waals surface area (Å²) in [6, 6.07) is -0.354. The van der Waals surface area contributed by atoms with E-state index in [1.54, 1.807) is 0 Å². The van der Waals surface area contributed by atoms with Crippen molar-refractivity contribution in [2.75, 3.05) is 19.6 Å². The molecule has 0 aromatic carbocycles. The van der Waals surface area contributed by atoms with Gasteiger partial charge >= 0.3 is 6.03 Å². The molecule has 78 valence electrons. The molecule has 2 N–H and O–H groups in total. The van der Waals surface area contributed by atoms with Crippen molar-refractivity contribution in [2.45, 2.75) is 25.3 Å². The van der Waals surface area contributed by atoms with Crippen LogP contribution in [0.3, 0.4) is 0 Å². The number of urea groups is 1. The molecule has 3 amide bonds. The van der Waals surface area contributed by atoms with E-state index in [-0.39, 0.29) is 11.9 Å². The zero-order valence-electron chi connectivity index (χ0n) is 8.30. The molecule has 1 spiro atoms. The van der Waals surface area contributed by atoms with E-state index < -0.39 is 5.54 Å². The minimum absolute atomic E-state index is 0.166. The first-order valence-corrected chi connectivity index (χ1v) is 5.02. The lowest BCUT2D eigenvalue weighted by molar-refractivity contribution is -0.125. The number of hydrogen-bond donors (Lipinski definition) is 2. The van der Waals surface area contributed by atoms with Crippen LogP contribution in [0.5, 0.6) is 0 Å². The zero-order valence-corrected chi connectivity index (χ0v) is 8.30. The SMILES string of the molecule is CCN1CCCC2(C1)NC(=O)NC2=O. The van der Waals surface area contributed by atoms with Gasteiger partial charge in [-0.1, -0.05) is 6.92 Å². The van der Waals surface area contributed by atoms with Crippen molar-refractivity contribution in [3.63, 3.8) is 0 Å². The molecule has 0 aromatic heterocycles. The minimum Gasteiger partial charge on any atom is -0.322 e. The number of amides is 3. The summed E-state index contributed by atoms with van der Waals surface area (Å²) < 4.78 is 0. The molecule has 5 nitrogen and oxygen atoms in total. The van der Waals surface area contributed by atoms with E-state index >= 15 is 0 Å². The Morgan fingerprint density at radius 1 is 1.50 bits per heavy atom. The van der Waals surface area contributed by atoms with Crippen molar-refractivity contribution < 1.29 is 9.59 Å². The number of nitrogens with zero attached hydrogens (tertiary/aromatic N) is 1. The highest BCUT2D eigenvalue weighted by Crippen LogP contribution is 2.23. The van der Waals surface area contributed by atoms with Crippen molar-refractivity contribution in [3.8, 4) is 0 Å². The number of piperidine rings is 1. The molecule has 0 saturated carbocycles. The van der Waals surface area contributed by atoms with Crippen LogP contribution in [0.15, 0.2) is 0 Å². The number of rotatable bonds is 1. The minimum atomic E-state index is -0.647. The molecule has 1 unspecified atom stereocenters. The van der Waals surface area contributed by atoms with Crippen LogP contribution in [0.25, 0.3) is 0 Å². The molecule has 2 rings (SSSR count). The molecule has 2 fully saturated rings. The predicted octanol–water partition coefficient (Wildman–Crippen LogP) is -0.320. The number of carbonyl (C=O) groups excluding carboxylic acids is 2. The van der Waals surface area contributed by atoms with E-state index in [2.05, 4.69) is 22.5 Å². The van der Waals surface area contributed by atoms with Crippen LogP contribution in [0.1, 0.15) is 19.8 Å². The Labute approximate surface area is 82.8 Å². The molecule has 2 heterocycles. The van der Waals surface area contributed by atoms with Crippen molar-refractivity contribution in [3.05, 3.63) is 0 Å². The standard InChI is InChI=1S/C9H15N3O2/c1-2-12-5-3-4-9(6-12)7(13)10-8(14)11-9/h2-6H2,1H3,(H2,10,11,13,14). The molecule has 14 heavy (non-hydrogen) atoms. The van der Waals surface area contributed by atoms with E-state index in [9.17, 15) is 9.59 Å². The summed E-state index contributed by atoms with van der Waals surface area (Å²) in [5, 5.41) is 5.05. The summed E-state index contributed by atoms with van der Waals surface area (Å²) >= 11 is 0. The van der Waals surface area contributed by atoms with Gasteiger partial charge in [-0.3, -0.25) is 10.1 Å². The van der Waals surface area contributed by atoms with Crippen LogP contribution in [0, 0.1) is 0 Å². The van der Waals surface area contributed by atoms with Gasteiger partial charge in [-0.05, 0) is 25.9 Å². The first-order chi connectivity index (χ1) is 6.66. The number of carbonyl (C=O) groups is 2. The lowest BCUT2D eigenvalue weighted by Crippen LogP contribution is -2.58. The maximum atomic E-state index is 11.6. The third-order valence-electron chi connectivity index (χ3n) is 3.03. The molecule has 2 aliphatic rings.